The molecule has 1 N–H and O–H groups in total. The number of nitrogens with zero attached hydrogens (tertiary/aromatic N) is 1. The average Bonchev–Trinajstić information content (AvgIpc) is 2.47. The smallest absolute Gasteiger partial charge is 0.226 e. The van der Waals surface area contributed by atoms with E-state index in [2.05, 4.69) is 49.2 Å². The summed E-state index contributed by atoms with van der Waals surface area (Å²) in [6, 6.07) is 6.41. The van der Waals surface area contributed by atoms with Crippen molar-refractivity contribution < 1.29 is 9.53 Å². The van der Waals surface area contributed by atoms with Crippen LogP contribution < -0.4 is 10.2 Å². The molecule has 1 aromatic carbocycles. The van der Waals surface area contributed by atoms with E-state index in [-0.39, 0.29) is 17.2 Å². The Morgan fingerprint density at radius 1 is 1.23 bits per heavy atom. The molecular weight excluding hydrogens is 276 g/mol. The van der Waals surface area contributed by atoms with Gasteiger partial charge in [-0.25, -0.2) is 0 Å². The summed E-state index contributed by atoms with van der Waals surface area (Å²) in [5, 5.41) is 3.10. The van der Waals surface area contributed by atoms with Gasteiger partial charge in [0.2, 0.25) is 5.91 Å². The lowest BCUT2D eigenvalue weighted by Gasteiger charge is -2.32. The fourth-order valence-corrected chi connectivity index (χ4v) is 2.46. The van der Waals surface area contributed by atoms with Gasteiger partial charge >= 0.3 is 0 Å². The van der Waals surface area contributed by atoms with Crippen molar-refractivity contribution in [1.29, 1.82) is 0 Å². The van der Waals surface area contributed by atoms with Gasteiger partial charge in [-0.1, -0.05) is 40.7 Å². The molecule has 4 heteroatoms. The third-order valence-electron chi connectivity index (χ3n) is 4.00. The lowest BCUT2D eigenvalue weighted by atomic mass is 9.86. The summed E-state index contributed by atoms with van der Waals surface area (Å²) in [6.45, 7) is 13.6. The van der Waals surface area contributed by atoms with Gasteiger partial charge in [0.15, 0.2) is 0 Å². The van der Waals surface area contributed by atoms with Crippen molar-refractivity contribution in [3.8, 4) is 0 Å². The lowest BCUT2D eigenvalue weighted by molar-refractivity contribution is -0.118. The SMILES string of the molecule is CC(C)C(=O)Nc1cc(C(C)(C)C)ccc1N1CCOCC1. The summed E-state index contributed by atoms with van der Waals surface area (Å²) in [5.74, 6) is 0.0244. The third-order valence-corrected chi connectivity index (χ3v) is 4.00. The van der Waals surface area contributed by atoms with E-state index in [0.29, 0.717) is 0 Å². The first-order valence-electron chi connectivity index (χ1n) is 8.07. The Labute approximate surface area is 133 Å². The van der Waals surface area contributed by atoms with Crippen LogP contribution in [0.1, 0.15) is 40.2 Å². The van der Waals surface area contributed by atoms with E-state index in [1.165, 1.54) is 5.56 Å². The second-order valence-electron chi connectivity index (χ2n) is 7.23. The highest BCUT2D eigenvalue weighted by molar-refractivity contribution is 5.95. The number of rotatable bonds is 3. The molecule has 1 saturated heterocycles. The van der Waals surface area contributed by atoms with E-state index in [1.807, 2.05) is 13.8 Å². The molecule has 0 radical (unpaired) electrons. The van der Waals surface area contributed by atoms with Gasteiger partial charge in [0, 0.05) is 19.0 Å². The molecule has 0 bridgehead atoms. The maximum atomic E-state index is 12.2. The third kappa shape index (κ3) is 4.01. The normalized spacial score (nSPS) is 16.0. The zero-order chi connectivity index (χ0) is 16.3. The molecule has 1 heterocycles. The molecule has 1 amide bonds. The molecule has 1 aromatic rings. The number of ether oxygens (including phenoxy) is 1. The molecular formula is C18H28N2O2. The molecule has 0 aromatic heterocycles. The summed E-state index contributed by atoms with van der Waals surface area (Å²) in [5.41, 5.74) is 3.28. The van der Waals surface area contributed by atoms with Crippen LogP contribution >= 0.6 is 0 Å². The molecule has 0 spiro atoms. The molecule has 0 aliphatic carbocycles. The first kappa shape index (κ1) is 16.8. The van der Waals surface area contributed by atoms with E-state index >= 15 is 0 Å². The molecule has 0 atom stereocenters. The zero-order valence-electron chi connectivity index (χ0n) is 14.4. The van der Waals surface area contributed by atoms with Gasteiger partial charge in [0.25, 0.3) is 0 Å². The lowest BCUT2D eigenvalue weighted by Crippen LogP contribution is -2.37. The number of benzene rings is 1. The predicted octanol–water partition coefficient (Wildman–Crippen LogP) is 3.42. The maximum Gasteiger partial charge on any atom is 0.226 e. The topological polar surface area (TPSA) is 41.6 Å². The second kappa shape index (κ2) is 6.69. The summed E-state index contributed by atoms with van der Waals surface area (Å²) >= 11 is 0. The summed E-state index contributed by atoms with van der Waals surface area (Å²) < 4.78 is 5.43. The van der Waals surface area contributed by atoms with Gasteiger partial charge in [-0.3, -0.25) is 4.79 Å². The van der Waals surface area contributed by atoms with Crippen molar-refractivity contribution in [2.45, 2.75) is 40.0 Å². The standard InChI is InChI=1S/C18H28N2O2/c1-13(2)17(21)19-15-12-14(18(3,4)5)6-7-16(15)20-8-10-22-11-9-20/h6-7,12-13H,8-11H2,1-5H3,(H,19,21). The van der Waals surface area contributed by atoms with E-state index in [9.17, 15) is 4.79 Å². The van der Waals surface area contributed by atoms with Crippen LogP contribution in [0.5, 0.6) is 0 Å². The van der Waals surface area contributed by atoms with Crippen LogP contribution in [-0.4, -0.2) is 32.2 Å². The number of carbonyl (C=O) groups is 1. The molecule has 122 valence electrons. The van der Waals surface area contributed by atoms with Gasteiger partial charge in [0.05, 0.1) is 24.6 Å². The first-order chi connectivity index (χ1) is 10.3. The number of nitrogens with one attached hydrogen (secondary N) is 1. The maximum absolute atomic E-state index is 12.2. The number of amides is 1. The quantitative estimate of drug-likeness (QED) is 0.930. The Balaban J connectivity index is 2.36. The highest BCUT2D eigenvalue weighted by Gasteiger charge is 2.21. The molecule has 22 heavy (non-hydrogen) atoms. The van der Waals surface area contributed by atoms with Crippen molar-refractivity contribution in [3.63, 3.8) is 0 Å². The molecule has 0 unspecified atom stereocenters. The average molecular weight is 304 g/mol. The minimum absolute atomic E-state index is 0.0316. The van der Waals surface area contributed by atoms with Crippen molar-refractivity contribution in [1.82, 2.24) is 0 Å². The van der Waals surface area contributed by atoms with Crippen LogP contribution in [0.4, 0.5) is 11.4 Å². The van der Waals surface area contributed by atoms with Crippen LogP contribution in [0.15, 0.2) is 18.2 Å². The number of morpholine rings is 1. The van der Waals surface area contributed by atoms with Gasteiger partial charge < -0.3 is 15.0 Å². The zero-order valence-corrected chi connectivity index (χ0v) is 14.4. The fourth-order valence-electron chi connectivity index (χ4n) is 2.46. The highest BCUT2D eigenvalue weighted by atomic mass is 16.5. The summed E-state index contributed by atoms with van der Waals surface area (Å²) in [6.07, 6.45) is 0. The van der Waals surface area contributed by atoms with Crippen LogP contribution in [-0.2, 0) is 14.9 Å². The molecule has 4 nitrogen and oxygen atoms in total. The molecule has 2 rings (SSSR count). The minimum Gasteiger partial charge on any atom is -0.378 e. The van der Waals surface area contributed by atoms with Crippen LogP contribution in [0.2, 0.25) is 0 Å². The second-order valence-corrected chi connectivity index (χ2v) is 7.23. The molecule has 1 aliphatic rings. The van der Waals surface area contributed by atoms with Gasteiger partial charge in [-0.15, -0.1) is 0 Å². The van der Waals surface area contributed by atoms with Crippen LogP contribution in [0, 0.1) is 5.92 Å². The Morgan fingerprint density at radius 2 is 1.86 bits per heavy atom. The minimum atomic E-state index is -0.0316. The first-order valence-corrected chi connectivity index (χ1v) is 8.07. The Hall–Kier alpha value is -1.55. The Bertz CT molecular complexity index is 526. The molecule has 0 saturated carbocycles. The highest BCUT2D eigenvalue weighted by Crippen LogP contribution is 2.33. The van der Waals surface area contributed by atoms with Crippen molar-refractivity contribution in [2.24, 2.45) is 5.92 Å². The number of hydrogen-bond donors (Lipinski definition) is 1. The monoisotopic (exact) mass is 304 g/mol. The van der Waals surface area contributed by atoms with E-state index in [0.717, 1.165) is 37.7 Å². The van der Waals surface area contributed by atoms with Crippen molar-refractivity contribution >= 4 is 17.3 Å². The largest absolute Gasteiger partial charge is 0.378 e. The van der Waals surface area contributed by atoms with Crippen LogP contribution in [0.25, 0.3) is 0 Å². The van der Waals surface area contributed by atoms with Crippen molar-refractivity contribution in [3.05, 3.63) is 23.8 Å². The Kier molecular flexibility index (Phi) is 5.12. The van der Waals surface area contributed by atoms with Crippen molar-refractivity contribution in [2.75, 3.05) is 36.5 Å². The van der Waals surface area contributed by atoms with Gasteiger partial charge in [-0.2, -0.15) is 0 Å². The van der Waals surface area contributed by atoms with Gasteiger partial charge in [0.1, 0.15) is 0 Å². The van der Waals surface area contributed by atoms with E-state index < -0.39 is 0 Å². The van der Waals surface area contributed by atoms with Gasteiger partial charge in [-0.05, 0) is 23.1 Å². The van der Waals surface area contributed by atoms with E-state index in [1.54, 1.807) is 0 Å². The summed E-state index contributed by atoms with van der Waals surface area (Å²) in [4.78, 5) is 14.4. The molecule has 1 aliphatic heterocycles. The molecule has 1 fully saturated rings. The Morgan fingerprint density at radius 3 is 2.41 bits per heavy atom. The fraction of sp³-hybridized carbons (Fsp3) is 0.611. The predicted molar refractivity (Wildman–Crippen MR) is 91.6 cm³/mol. The number of anilines is 2. The number of hydrogen-bond acceptors (Lipinski definition) is 3. The van der Waals surface area contributed by atoms with Crippen LogP contribution in [0.3, 0.4) is 0 Å². The summed E-state index contributed by atoms with van der Waals surface area (Å²) in [7, 11) is 0. The number of carbonyl (C=O) groups excluding carboxylic acids is 1. The van der Waals surface area contributed by atoms with E-state index in [4.69, 9.17) is 4.74 Å².